The van der Waals surface area contributed by atoms with Crippen LogP contribution in [-0.2, 0) is 0 Å². The lowest BCUT2D eigenvalue weighted by atomic mass is 10.2. The molecule has 1 heterocycles. The molecule has 0 aromatic carbocycles. The summed E-state index contributed by atoms with van der Waals surface area (Å²) in [5, 5.41) is 16.5. The molecule has 0 aliphatic rings. The van der Waals surface area contributed by atoms with Gasteiger partial charge in [0.2, 0.25) is 10.1 Å². The Morgan fingerprint density at radius 3 is 2.81 bits per heavy atom. The smallest absolute Gasteiger partial charge is 0.284 e. The maximum absolute atomic E-state index is 11.9. The largest absolute Gasteiger partial charge is 0.374 e. The lowest BCUT2D eigenvalue weighted by Gasteiger charge is -2.20. The van der Waals surface area contributed by atoms with E-state index in [9.17, 15) is 4.79 Å². The second-order valence-corrected chi connectivity index (χ2v) is 4.33. The van der Waals surface area contributed by atoms with Crippen molar-refractivity contribution in [3.05, 3.63) is 5.01 Å². The second-order valence-electron chi connectivity index (χ2n) is 3.32. The fourth-order valence-electron chi connectivity index (χ4n) is 1.18. The van der Waals surface area contributed by atoms with Crippen LogP contribution in [0, 0.1) is 17.2 Å². The van der Waals surface area contributed by atoms with Gasteiger partial charge in [0.05, 0.1) is 12.0 Å². The number of nitrogen functional groups attached to an aromatic ring is 1. The summed E-state index contributed by atoms with van der Waals surface area (Å²) in [6.07, 6.45) is 0. The number of nitrogens with two attached hydrogens (primary N) is 1. The van der Waals surface area contributed by atoms with Gasteiger partial charge in [-0.15, -0.1) is 10.2 Å². The van der Waals surface area contributed by atoms with Gasteiger partial charge in [0.25, 0.3) is 5.91 Å². The molecular formula is C9H13N5OS. The van der Waals surface area contributed by atoms with E-state index < -0.39 is 0 Å². The fourth-order valence-corrected chi connectivity index (χ4v) is 1.76. The third-order valence-corrected chi connectivity index (χ3v) is 2.75. The Morgan fingerprint density at radius 1 is 1.69 bits per heavy atom. The Hall–Kier alpha value is -1.68. The average Bonchev–Trinajstić information content (AvgIpc) is 2.71. The molecule has 0 radical (unpaired) electrons. The van der Waals surface area contributed by atoms with Gasteiger partial charge in [-0.3, -0.25) is 4.79 Å². The Balaban J connectivity index is 2.74. The molecule has 0 bridgehead atoms. The number of nitriles is 1. The van der Waals surface area contributed by atoms with Crippen LogP contribution in [0.2, 0.25) is 0 Å². The predicted molar refractivity (Wildman–Crippen MR) is 60.7 cm³/mol. The van der Waals surface area contributed by atoms with E-state index in [4.69, 9.17) is 11.0 Å². The summed E-state index contributed by atoms with van der Waals surface area (Å²) < 4.78 is 0. The topological polar surface area (TPSA) is 95.9 Å². The van der Waals surface area contributed by atoms with E-state index in [-0.39, 0.29) is 22.0 Å². The summed E-state index contributed by atoms with van der Waals surface area (Å²) in [5.41, 5.74) is 5.41. The van der Waals surface area contributed by atoms with Crippen LogP contribution in [0.3, 0.4) is 0 Å². The lowest BCUT2D eigenvalue weighted by molar-refractivity contribution is 0.0751. The van der Waals surface area contributed by atoms with Gasteiger partial charge in [0.15, 0.2) is 0 Å². The molecule has 1 aromatic rings. The standard InChI is InChI=1S/C9H13N5OS/c1-3-14(5-6(2)4-10)8(15)7-12-13-9(11)16-7/h6H,3,5H2,1-2H3,(H2,11,13). The van der Waals surface area contributed by atoms with Gasteiger partial charge in [0.1, 0.15) is 0 Å². The van der Waals surface area contributed by atoms with Crippen molar-refractivity contribution in [2.24, 2.45) is 5.92 Å². The third-order valence-electron chi connectivity index (χ3n) is 2.01. The van der Waals surface area contributed by atoms with Crippen molar-refractivity contribution in [1.82, 2.24) is 15.1 Å². The van der Waals surface area contributed by atoms with Crippen LogP contribution in [0.5, 0.6) is 0 Å². The van der Waals surface area contributed by atoms with Crippen molar-refractivity contribution in [1.29, 1.82) is 5.26 Å². The maximum atomic E-state index is 11.9. The highest BCUT2D eigenvalue weighted by Crippen LogP contribution is 2.14. The number of nitrogens with zero attached hydrogens (tertiary/aromatic N) is 4. The van der Waals surface area contributed by atoms with Gasteiger partial charge in [0, 0.05) is 13.1 Å². The van der Waals surface area contributed by atoms with Crippen LogP contribution in [0.15, 0.2) is 0 Å². The van der Waals surface area contributed by atoms with Crippen molar-refractivity contribution < 1.29 is 4.79 Å². The quantitative estimate of drug-likeness (QED) is 0.836. The molecule has 1 aromatic heterocycles. The average molecular weight is 239 g/mol. The minimum atomic E-state index is -0.223. The van der Waals surface area contributed by atoms with Crippen LogP contribution in [0.25, 0.3) is 0 Å². The normalized spacial score (nSPS) is 11.8. The first-order valence-corrected chi connectivity index (χ1v) is 5.68. The monoisotopic (exact) mass is 239 g/mol. The number of carbonyl (C=O) groups is 1. The molecule has 86 valence electrons. The van der Waals surface area contributed by atoms with Crippen LogP contribution >= 0.6 is 11.3 Å². The highest BCUT2D eigenvalue weighted by atomic mass is 32.1. The van der Waals surface area contributed by atoms with Crippen molar-refractivity contribution in [3.63, 3.8) is 0 Å². The number of aromatic nitrogens is 2. The van der Waals surface area contributed by atoms with Gasteiger partial charge >= 0.3 is 0 Å². The van der Waals surface area contributed by atoms with Gasteiger partial charge < -0.3 is 10.6 Å². The molecule has 1 atom stereocenters. The van der Waals surface area contributed by atoms with Crippen molar-refractivity contribution in [2.45, 2.75) is 13.8 Å². The maximum Gasteiger partial charge on any atom is 0.284 e. The molecule has 16 heavy (non-hydrogen) atoms. The first-order valence-electron chi connectivity index (χ1n) is 4.86. The zero-order valence-corrected chi connectivity index (χ0v) is 9.99. The summed E-state index contributed by atoms with van der Waals surface area (Å²) in [7, 11) is 0. The Morgan fingerprint density at radius 2 is 2.38 bits per heavy atom. The van der Waals surface area contributed by atoms with E-state index in [2.05, 4.69) is 16.3 Å². The van der Waals surface area contributed by atoms with Crippen molar-refractivity contribution in [3.8, 4) is 6.07 Å². The summed E-state index contributed by atoms with van der Waals surface area (Å²) >= 11 is 1.06. The van der Waals surface area contributed by atoms with Gasteiger partial charge in [-0.25, -0.2) is 0 Å². The minimum absolute atomic E-state index is 0.200. The molecule has 0 saturated carbocycles. The molecule has 2 N–H and O–H groups in total. The number of rotatable bonds is 4. The van der Waals surface area contributed by atoms with E-state index in [0.717, 1.165) is 11.3 Å². The molecule has 0 aliphatic carbocycles. The lowest BCUT2D eigenvalue weighted by Crippen LogP contribution is -2.34. The molecule has 0 fully saturated rings. The van der Waals surface area contributed by atoms with Gasteiger partial charge in [-0.05, 0) is 13.8 Å². The van der Waals surface area contributed by atoms with E-state index in [1.165, 1.54) is 0 Å². The Kier molecular flexibility index (Phi) is 4.19. The summed E-state index contributed by atoms with van der Waals surface area (Å²) in [6.45, 7) is 4.55. The van der Waals surface area contributed by atoms with Gasteiger partial charge in [-0.2, -0.15) is 5.26 Å². The third kappa shape index (κ3) is 2.90. The highest BCUT2D eigenvalue weighted by Gasteiger charge is 2.20. The molecule has 1 amide bonds. The SMILES string of the molecule is CCN(CC(C)C#N)C(=O)c1nnc(N)s1. The highest BCUT2D eigenvalue weighted by molar-refractivity contribution is 7.16. The zero-order chi connectivity index (χ0) is 12.1. The summed E-state index contributed by atoms with van der Waals surface area (Å²) in [4.78, 5) is 13.5. The molecular weight excluding hydrogens is 226 g/mol. The van der Waals surface area contributed by atoms with E-state index in [1.54, 1.807) is 11.8 Å². The predicted octanol–water partition coefficient (Wildman–Crippen LogP) is 0.742. The summed E-state index contributed by atoms with van der Waals surface area (Å²) in [5.74, 6) is -0.423. The van der Waals surface area contributed by atoms with Crippen LogP contribution in [-0.4, -0.2) is 34.1 Å². The minimum Gasteiger partial charge on any atom is -0.374 e. The molecule has 7 heteroatoms. The summed E-state index contributed by atoms with van der Waals surface area (Å²) in [6, 6.07) is 2.09. The zero-order valence-electron chi connectivity index (χ0n) is 9.17. The van der Waals surface area contributed by atoms with Gasteiger partial charge in [-0.1, -0.05) is 11.3 Å². The molecule has 0 aliphatic heterocycles. The number of anilines is 1. The van der Waals surface area contributed by atoms with E-state index >= 15 is 0 Å². The molecule has 1 unspecified atom stereocenters. The first kappa shape index (κ1) is 12.4. The number of carbonyl (C=O) groups excluding carboxylic acids is 1. The Labute approximate surface area is 97.7 Å². The van der Waals surface area contributed by atoms with Crippen LogP contribution < -0.4 is 5.73 Å². The number of amides is 1. The number of hydrogen-bond donors (Lipinski definition) is 1. The van der Waals surface area contributed by atoms with Crippen molar-refractivity contribution >= 4 is 22.4 Å². The van der Waals surface area contributed by atoms with Crippen molar-refractivity contribution in [2.75, 3.05) is 18.8 Å². The molecule has 6 nitrogen and oxygen atoms in total. The molecule has 0 spiro atoms. The first-order chi connectivity index (χ1) is 7.58. The van der Waals surface area contributed by atoms with E-state index in [0.29, 0.717) is 13.1 Å². The molecule has 1 rings (SSSR count). The second kappa shape index (κ2) is 5.42. The number of hydrogen-bond acceptors (Lipinski definition) is 6. The Bertz CT molecular complexity index is 410. The van der Waals surface area contributed by atoms with E-state index in [1.807, 2.05) is 6.92 Å². The van der Waals surface area contributed by atoms with Crippen LogP contribution in [0.4, 0.5) is 5.13 Å². The molecule has 0 saturated heterocycles. The fraction of sp³-hybridized carbons (Fsp3) is 0.556. The van der Waals surface area contributed by atoms with Crippen LogP contribution in [0.1, 0.15) is 23.6 Å².